The Hall–Kier alpha value is -0.0300. The number of likely N-dealkylation sites (tertiary alicyclic amines) is 1. The average molecular weight is 300 g/mol. The summed E-state index contributed by atoms with van der Waals surface area (Å²) in [5, 5.41) is 0. The lowest BCUT2D eigenvalue weighted by Gasteiger charge is -2.37. The average Bonchev–Trinajstić information content (AvgIpc) is 2.27. The van der Waals surface area contributed by atoms with Gasteiger partial charge in [-0.3, -0.25) is 4.79 Å². The van der Waals surface area contributed by atoms with E-state index >= 15 is 0 Å². The van der Waals surface area contributed by atoms with E-state index in [4.69, 9.17) is 5.73 Å². The summed E-state index contributed by atoms with van der Waals surface area (Å²) in [6.07, 6.45) is 2.26. The third kappa shape index (κ3) is 5.31. The Balaban J connectivity index is 0. The second kappa shape index (κ2) is 8.97. The van der Waals surface area contributed by atoms with Crippen molar-refractivity contribution in [3.05, 3.63) is 0 Å². The molecule has 0 aliphatic carbocycles. The van der Waals surface area contributed by atoms with Gasteiger partial charge in [-0.1, -0.05) is 13.8 Å². The molecule has 1 aliphatic heterocycles. The van der Waals surface area contributed by atoms with Gasteiger partial charge in [-0.2, -0.15) is 0 Å². The van der Waals surface area contributed by atoms with Crippen molar-refractivity contribution in [2.75, 3.05) is 27.2 Å². The van der Waals surface area contributed by atoms with E-state index in [0.717, 1.165) is 19.5 Å². The SMILES string of the molecule is CC(C)[C@H](N)C(=O)N1CCCC(N(C)C)C1.Cl.Cl. The number of carbonyl (C=O) groups is 1. The molecular weight excluding hydrogens is 273 g/mol. The number of carbonyl (C=O) groups excluding carboxylic acids is 1. The summed E-state index contributed by atoms with van der Waals surface area (Å²) in [6.45, 7) is 5.68. The Kier molecular flexibility index (Phi) is 10.1. The topological polar surface area (TPSA) is 49.6 Å². The van der Waals surface area contributed by atoms with Gasteiger partial charge in [0.25, 0.3) is 0 Å². The Labute approximate surface area is 123 Å². The summed E-state index contributed by atoms with van der Waals surface area (Å²) < 4.78 is 0. The number of piperidine rings is 1. The van der Waals surface area contributed by atoms with Gasteiger partial charge in [-0.25, -0.2) is 0 Å². The number of rotatable bonds is 3. The maximum absolute atomic E-state index is 12.1. The Morgan fingerprint density at radius 2 is 1.89 bits per heavy atom. The van der Waals surface area contributed by atoms with Gasteiger partial charge in [0.2, 0.25) is 5.91 Å². The molecule has 6 heteroatoms. The first-order chi connectivity index (χ1) is 7.43. The number of hydrogen-bond acceptors (Lipinski definition) is 3. The molecule has 4 nitrogen and oxygen atoms in total. The summed E-state index contributed by atoms with van der Waals surface area (Å²) in [7, 11) is 4.14. The molecule has 1 aliphatic rings. The van der Waals surface area contributed by atoms with Crippen molar-refractivity contribution in [3.8, 4) is 0 Å². The van der Waals surface area contributed by atoms with Crippen LogP contribution in [0.4, 0.5) is 0 Å². The molecule has 2 atom stereocenters. The first kappa shape index (κ1) is 20.3. The van der Waals surface area contributed by atoms with Crippen LogP contribution in [0, 0.1) is 5.92 Å². The second-order valence-corrected chi connectivity index (χ2v) is 5.31. The molecule has 18 heavy (non-hydrogen) atoms. The standard InChI is InChI=1S/C12H25N3O.2ClH/c1-9(2)11(13)12(16)15-7-5-6-10(8-15)14(3)4;;/h9-11H,5-8,13H2,1-4H3;2*1H/t10?,11-;;/m0../s1. The Bertz CT molecular complexity index is 249. The molecule has 0 saturated carbocycles. The molecule has 1 saturated heterocycles. The highest BCUT2D eigenvalue weighted by Crippen LogP contribution is 2.15. The van der Waals surface area contributed by atoms with Crippen LogP contribution in [0.2, 0.25) is 0 Å². The molecule has 0 radical (unpaired) electrons. The van der Waals surface area contributed by atoms with E-state index in [1.165, 1.54) is 6.42 Å². The maximum Gasteiger partial charge on any atom is 0.239 e. The number of nitrogens with two attached hydrogens (primary N) is 1. The number of nitrogens with zero attached hydrogens (tertiary/aromatic N) is 2. The van der Waals surface area contributed by atoms with Gasteiger partial charge in [-0.05, 0) is 32.9 Å². The van der Waals surface area contributed by atoms with Crippen LogP contribution in [0.1, 0.15) is 26.7 Å². The molecule has 1 amide bonds. The summed E-state index contributed by atoms with van der Waals surface area (Å²) in [5.74, 6) is 0.328. The van der Waals surface area contributed by atoms with Gasteiger partial charge in [0.05, 0.1) is 6.04 Å². The van der Waals surface area contributed by atoms with Gasteiger partial charge in [0, 0.05) is 19.1 Å². The molecule has 1 heterocycles. The van der Waals surface area contributed by atoms with Crippen LogP contribution in [-0.4, -0.2) is 55.0 Å². The predicted octanol–water partition coefficient (Wildman–Crippen LogP) is 1.37. The van der Waals surface area contributed by atoms with E-state index in [0.29, 0.717) is 6.04 Å². The summed E-state index contributed by atoms with van der Waals surface area (Å²) in [6, 6.07) is 0.137. The van der Waals surface area contributed by atoms with Gasteiger partial charge in [0.15, 0.2) is 0 Å². The van der Waals surface area contributed by atoms with E-state index in [-0.39, 0.29) is 42.7 Å². The van der Waals surface area contributed by atoms with Crippen molar-refractivity contribution in [3.63, 3.8) is 0 Å². The van der Waals surface area contributed by atoms with Crippen molar-refractivity contribution in [2.24, 2.45) is 11.7 Å². The summed E-state index contributed by atoms with van der Waals surface area (Å²) in [4.78, 5) is 16.2. The molecular formula is C12H27Cl2N3O. The molecule has 0 bridgehead atoms. The highest BCUT2D eigenvalue weighted by Gasteiger charge is 2.28. The van der Waals surface area contributed by atoms with E-state index in [1.54, 1.807) is 0 Å². The van der Waals surface area contributed by atoms with Crippen molar-refractivity contribution in [1.29, 1.82) is 0 Å². The van der Waals surface area contributed by atoms with Crippen LogP contribution < -0.4 is 5.73 Å². The molecule has 0 aromatic carbocycles. The summed E-state index contributed by atoms with van der Waals surface area (Å²) in [5.41, 5.74) is 5.91. The van der Waals surface area contributed by atoms with E-state index in [2.05, 4.69) is 19.0 Å². The lowest BCUT2D eigenvalue weighted by atomic mass is 10.00. The highest BCUT2D eigenvalue weighted by atomic mass is 35.5. The van der Waals surface area contributed by atoms with Crippen molar-refractivity contribution < 1.29 is 4.79 Å². The third-order valence-electron chi connectivity index (χ3n) is 3.44. The van der Waals surface area contributed by atoms with Crippen molar-refractivity contribution in [2.45, 2.75) is 38.8 Å². The lowest BCUT2D eigenvalue weighted by molar-refractivity contribution is -0.135. The Morgan fingerprint density at radius 3 is 2.33 bits per heavy atom. The number of hydrogen-bond donors (Lipinski definition) is 1. The molecule has 2 N–H and O–H groups in total. The molecule has 110 valence electrons. The van der Waals surface area contributed by atoms with Gasteiger partial charge >= 0.3 is 0 Å². The monoisotopic (exact) mass is 299 g/mol. The normalized spacial score (nSPS) is 21.3. The quantitative estimate of drug-likeness (QED) is 0.856. The van der Waals surface area contributed by atoms with Crippen LogP contribution in [0.5, 0.6) is 0 Å². The second-order valence-electron chi connectivity index (χ2n) is 5.31. The van der Waals surface area contributed by atoms with Crippen molar-refractivity contribution in [1.82, 2.24) is 9.80 Å². The van der Waals surface area contributed by atoms with Crippen LogP contribution in [0.3, 0.4) is 0 Å². The van der Waals surface area contributed by atoms with Crippen LogP contribution in [0.15, 0.2) is 0 Å². The van der Waals surface area contributed by atoms with Crippen LogP contribution in [-0.2, 0) is 4.79 Å². The first-order valence-electron chi connectivity index (χ1n) is 6.14. The predicted molar refractivity (Wildman–Crippen MR) is 80.6 cm³/mol. The number of halogens is 2. The first-order valence-corrected chi connectivity index (χ1v) is 6.14. The zero-order valence-corrected chi connectivity index (χ0v) is 13.4. The fraction of sp³-hybridized carbons (Fsp3) is 0.917. The minimum Gasteiger partial charge on any atom is -0.340 e. The fourth-order valence-corrected chi connectivity index (χ4v) is 2.07. The molecule has 1 fully saturated rings. The summed E-state index contributed by atoms with van der Waals surface area (Å²) >= 11 is 0. The van der Waals surface area contributed by atoms with Crippen LogP contribution >= 0.6 is 24.8 Å². The minimum absolute atomic E-state index is 0. The number of likely N-dealkylation sites (N-methyl/N-ethyl adjacent to an activating group) is 1. The van der Waals surface area contributed by atoms with Crippen molar-refractivity contribution >= 4 is 30.7 Å². The zero-order chi connectivity index (χ0) is 12.3. The Morgan fingerprint density at radius 1 is 1.33 bits per heavy atom. The maximum atomic E-state index is 12.1. The van der Waals surface area contributed by atoms with E-state index < -0.39 is 0 Å². The van der Waals surface area contributed by atoms with E-state index in [9.17, 15) is 4.79 Å². The molecule has 0 aromatic rings. The van der Waals surface area contributed by atoms with E-state index in [1.807, 2.05) is 18.7 Å². The molecule has 1 unspecified atom stereocenters. The third-order valence-corrected chi connectivity index (χ3v) is 3.44. The largest absolute Gasteiger partial charge is 0.340 e. The van der Waals surface area contributed by atoms with Gasteiger partial charge in [-0.15, -0.1) is 24.8 Å². The minimum atomic E-state index is -0.346. The van der Waals surface area contributed by atoms with Crippen LogP contribution in [0.25, 0.3) is 0 Å². The van der Waals surface area contributed by atoms with Gasteiger partial charge in [0.1, 0.15) is 0 Å². The molecule has 1 rings (SSSR count). The highest BCUT2D eigenvalue weighted by molar-refractivity contribution is 5.85. The fourth-order valence-electron chi connectivity index (χ4n) is 2.07. The zero-order valence-electron chi connectivity index (χ0n) is 11.8. The molecule has 0 aromatic heterocycles. The number of amides is 1. The lowest BCUT2D eigenvalue weighted by Crippen LogP contribution is -2.53. The smallest absolute Gasteiger partial charge is 0.239 e. The molecule has 0 spiro atoms. The van der Waals surface area contributed by atoms with Gasteiger partial charge < -0.3 is 15.5 Å².